The van der Waals surface area contributed by atoms with Crippen LogP contribution in [0.4, 0.5) is 0 Å². The molecule has 0 saturated heterocycles. The van der Waals surface area contributed by atoms with E-state index in [2.05, 4.69) is 0 Å². The fourth-order valence-corrected chi connectivity index (χ4v) is 6.06. The molecule has 26 heavy (non-hydrogen) atoms. The van der Waals surface area contributed by atoms with Crippen LogP contribution in [0.3, 0.4) is 0 Å². The highest BCUT2D eigenvalue weighted by atomic mass is 35.5. The number of fused-ring (bicyclic) bond motifs is 2. The summed E-state index contributed by atoms with van der Waals surface area (Å²) in [6.45, 7) is 0. The average Bonchev–Trinajstić information content (AvgIpc) is 2.94. The summed E-state index contributed by atoms with van der Waals surface area (Å²) in [6.07, 6.45) is -0.0226. The van der Waals surface area contributed by atoms with E-state index in [9.17, 15) is 9.59 Å². The number of alkyl halides is 1. The van der Waals surface area contributed by atoms with Crippen molar-refractivity contribution in [1.82, 2.24) is 0 Å². The molecule has 1 fully saturated rings. The van der Waals surface area contributed by atoms with E-state index in [1.165, 1.54) is 21.3 Å². The van der Waals surface area contributed by atoms with E-state index in [1.54, 1.807) is 0 Å². The van der Waals surface area contributed by atoms with Gasteiger partial charge in [0, 0.05) is 25.7 Å². The van der Waals surface area contributed by atoms with Gasteiger partial charge in [0.05, 0.1) is 36.7 Å². The molecule has 144 valence electrons. The number of hydrogen-bond donors (Lipinski definition) is 0. The molecule has 0 N–H and O–H groups in total. The van der Waals surface area contributed by atoms with Crippen molar-refractivity contribution in [1.29, 1.82) is 5.26 Å². The molecule has 2 aliphatic carbocycles. The fourth-order valence-electron chi connectivity index (χ4n) is 4.48. The molecule has 0 amide bonds. The van der Waals surface area contributed by atoms with Crippen molar-refractivity contribution in [3.8, 4) is 6.07 Å². The van der Waals surface area contributed by atoms with Crippen LogP contribution in [0.1, 0.15) is 12.8 Å². The SMILES string of the molecule is COC(=O)[C@@H]1[C@H](C(=O)OC)[C@]2(CCC#N)C(Cl)=C(Cl)[C@@]1(Cl)C2(OC)OC. The largest absolute Gasteiger partial charge is 0.469 e. The maximum Gasteiger partial charge on any atom is 0.311 e. The minimum Gasteiger partial charge on any atom is -0.469 e. The predicted molar refractivity (Wildman–Crippen MR) is 92.4 cm³/mol. The first-order valence-corrected chi connectivity index (χ1v) is 8.73. The van der Waals surface area contributed by atoms with Gasteiger partial charge in [0.25, 0.3) is 0 Å². The zero-order valence-electron chi connectivity index (χ0n) is 14.6. The van der Waals surface area contributed by atoms with Crippen molar-refractivity contribution in [2.24, 2.45) is 17.3 Å². The predicted octanol–water partition coefficient (Wildman–Crippen LogP) is 2.54. The van der Waals surface area contributed by atoms with Crippen LogP contribution < -0.4 is 0 Å². The molecule has 4 atom stereocenters. The number of carbonyl (C=O) groups excluding carboxylic acids is 2. The summed E-state index contributed by atoms with van der Waals surface area (Å²) in [4.78, 5) is 23.5. The molecular formula is C16H18Cl3NO6. The molecule has 2 bridgehead atoms. The van der Waals surface area contributed by atoms with E-state index in [-0.39, 0.29) is 22.9 Å². The topological polar surface area (TPSA) is 94.9 Å². The summed E-state index contributed by atoms with van der Waals surface area (Å²) < 4.78 is 21.0. The lowest BCUT2D eigenvalue weighted by atomic mass is 9.69. The van der Waals surface area contributed by atoms with Crippen molar-refractivity contribution in [2.45, 2.75) is 23.5 Å². The number of esters is 2. The Balaban J connectivity index is 2.93. The third kappa shape index (κ3) is 2.14. The molecule has 0 unspecified atom stereocenters. The van der Waals surface area contributed by atoms with Gasteiger partial charge in [0.2, 0.25) is 5.79 Å². The highest BCUT2D eigenvalue weighted by Crippen LogP contribution is 2.77. The highest BCUT2D eigenvalue weighted by molar-refractivity contribution is 6.48. The van der Waals surface area contributed by atoms with Crippen molar-refractivity contribution in [3.05, 3.63) is 10.1 Å². The molecular weight excluding hydrogens is 409 g/mol. The minimum absolute atomic E-state index is 0.00195. The number of hydrogen-bond acceptors (Lipinski definition) is 7. The Bertz CT molecular complexity index is 701. The standard InChI is InChI=1S/C16H18Cl3NO6/c1-23-12(21)8-9(13(22)24-2)15(19)11(18)10(17)14(8,6-5-7-20)16(15,25-3)26-4/h8-9H,5-6H2,1-4H3/t8-,9+,14-,15-/m1/s1. The van der Waals surface area contributed by atoms with Crippen molar-refractivity contribution >= 4 is 46.7 Å². The molecule has 10 heteroatoms. The molecule has 0 aromatic rings. The first-order chi connectivity index (χ1) is 12.2. The molecule has 0 radical (unpaired) electrons. The zero-order valence-corrected chi connectivity index (χ0v) is 16.9. The van der Waals surface area contributed by atoms with Crippen LogP contribution in [0.5, 0.6) is 0 Å². The lowest BCUT2D eigenvalue weighted by molar-refractivity contribution is -0.260. The normalized spacial score (nSPS) is 34.5. The highest BCUT2D eigenvalue weighted by Gasteiger charge is 2.87. The van der Waals surface area contributed by atoms with E-state index in [0.717, 1.165) is 7.11 Å². The van der Waals surface area contributed by atoms with Crippen LogP contribution in [-0.2, 0) is 28.5 Å². The van der Waals surface area contributed by atoms with Crippen LogP contribution in [0.15, 0.2) is 10.1 Å². The lowest BCUT2D eigenvalue weighted by Crippen LogP contribution is -2.57. The van der Waals surface area contributed by atoms with Gasteiger partial charge in [0.1, 0.15) is 10.8 Å². The Kier molecular flexibility index (Phi) is 5.87. The van der Waals surface area contributed by atoms with Crippen molar-refractivity contribution < 1.29 is 28.5 Å². The molecule has 2 aliphatic rings. The van der Waals surface area contributed by atoms with Gasteiger partial charge in [-0.1, -0.05) is 23.2 Å². The van der Waals surface area contributed by atoms with Gasteiger partial charge in [0.15, 0.2) is 0 Å². The maximum absolute atomic E-state index is 12.7. The van der Waals surface area contributed by atoms with Gasteiger partial charge in [-0.3, -0.25) is 9.59 Å². The summed E-state index contributed by atoms with van der Waals surface area (Å²) in [5.74, 6) is -5.86. The fraction of sp³-hybridized carbons (Fsp3) is 0.688. The number of methoxy groups -OCH3 is 4. The number of nitrogens with zero attached hydrogens (tertiary/aromatic N) is 1. The smallest absolute Gasteiger partial charge is 0.311 e. The van der Waals surface area contributed by atoms with Gasteiger partial charge in [-0.15, -0.1) is 11.6 Å². The van der Waals surface area contributed by atoms with E-state index in [1.807, 2.05) is 6.07 Å². The zero-order chi connectivity index (χ0) is 19.9. The van der Waals surface area contributed by atoms with E-state index in [0.29, 0.717) is 0 Å². The van der Waals surface area contributed by atoms with Crippen LogP contribution in [0.25, 0.3) is 0 Å². The second kappa shape index (κ2) is 7.17. The maximum atomic E-state index is 12.7. The van der Waals surface area contributed by atoms with Crippen molar-refractivity contribution in [2.75, 3.05) is 28.4 Å². The molecule has 1 saturated carbocycles. The Morgan fingerprint density at radius 3 is 1.96 bits per heavy atom. The van der Waals surface area contributed by atoms with Gasteiger partial charge in [-0.2, -0.15) is 5.26 Å². The second-order valence-corrected chi connectivity index (χ2v) is 7.35. The number of rotatable bonds is 6. The molecule has 0 aliphatic heterocycles. The Morgan fingerprint density at radius 2 is 1.54 bits per heavy atom. The van der Waals surface area contributed by atoms with Gasteiger partial charge >= 0.3 is 11.9 Å². The van der Waals surface area contributed by atoms with Gasteiger partial charge < -0.3 is 18.9 Å². The third-order valence-corrected chi connectivity index (χ3v) is 7.26. The molecule has 0 spiro atoms. The number of ether oxygens (including phenoxy) is 4. The van der Waals surface area contributed by atoms with Gasteiger partial charge in [-0.25, -0.2) is 0 Å². The molecule has 0 heterocycles. The molecule has 7 nitrogen and oxygen atoms in total. The first kappa shape index (κ1) is 21.3. The Morgan fingerprint density at radius 1 is 1.04 bits per heavy atom. The second-order valence-electron chi connectivity index (χ2n) is 6.00. The van der Waals surface area contributed by atoms with Gasteiger partial charge in [-0.05, 0) is 6.42 Å². The molecule has 0 aromatic heterocycles. The lowest BCUT2D eigenvalue weighted by Gasteiger charge is -2.44. The molecule has 2 rings (SSSR count). The Hall–Kier alpha value is -1.04. The average molecular weight is 427 g/mol. The van der Waals surface area contributed by atoms with Crippen LogP contribution in [0.2, 0.25) is 0 Å². The van der Waals surface area contributed by atoms with Crippen LogP contribution >= 0.6 is 34.8 Å². The van der Waals surface area contributed by atoms with Crippen molar-refractivity contribution in [3.63, 3.8) is 0 Å². The Labute approximate surface area is 166 Å². The molecule has 0 aromatic carbocycles. The van der Waals surface area contributed by atoms with E-state index in [4.69, 9.17) is 59.0 Å². The van der Waals surface area contributed by atoms with E-state index >= 15 is 0 Å². The van der Waals surface area contributed by atoms with E-state index < -0.39 is 39.9 Å². The number of carbonyl (C=O) groups is 2. The number of nitriles is 1. The minimum atomic E-state index is -1.84. The quantitative estimate of drug-likeness (QED) is 0.366. The summed E-state index contributed by atoms with van der Waals surface area (Å²) >= 11 is 19.8. The monoisotopic (exact) mass is 425 g/mol. The summed E-state index contributed by atoms with van der Waals surface area (Å²) in [5.41, 5.74) is -1.50. The summed E-state index contributed by atoms with van der Waals surface area (Å²) in [5, 5.41) is 9.04. The first-order valence-electron chi connectivity index (χ1n) is 7.59. The number of halogens is 3. The third-order valence-electron chi connectivity index (χ3n) is 5.38. The summed E-state index contributed by atoms with van der Waals surface area (Å²) in [7, 11) is 4.93. The summed E-state index contributed by atoms with van der Waals surface area (Å²) in [6, 6.07) is 1.99. The van der Waals surface area contributed by atoms with Crippen LogP contribution in [-0.4, -0.2) is 51.0 Å². The van der Waals surface area contributed by atoms with Crippen LogP contribution in [0, 0.1) is 28.6 Å².